The summed E-state index contributed by atoms with van der Waals surface area (Å²) in [5.41, 5.74) is -0.148. The summed E-state index contributed by atoms with van der Waals surface area (Å²) in [4.78, 5) is 27.2. The molecule has 0 aromatic carbocycles. The average Bonchev–Trinajstić information content (AvgIpc) is 2.16. The molecule has 0 radical (unpaired) electrons. The van der Waals surface area contributed by atoms with Crippen molar-refractivity contribution in [2.45, 2.75) is 12.3 Å². The molecule has 0 aliphatic carbocycles. The molecular formula is C10H13ClN2O2. The van der Waals surface area contributed by atoms with Crippen LogP contribution < -0.4 is 5.43 Å². The van der Waals surface area contributed by atoms with Crippen molar-refractivity contribution in [1.82, 2.24) is 9.88 Å². The summed E-state index contributed by atoms with van der Waals surface area (Å²) in [5.74, 6) is -0.315. The van der Waals surface area contributed by atoms with E-state index >= 15 is 0 Å². The van der Waals surface area contributed by atoms with Crippen LogP contribution in [0.15, 0.2) is 23.3 Å². The van der Waals surface area contributed by atoms with Crippen molar-refractivity contribution in [3.8, 4) is 0 Å². The highest BCUT2D eigenvalue weighted by atomic mass is 35.5. The van der Waals surface area contributed by atoms with Gasteiger partial charge in [-0.1, -0.05) is 0 Å². The minimum Gasteiger partial charge on any atom is -0.367 e. The number of aromatic nitrogens is 1. The Morgan fingerprint density at radius 2 is 2.33 bits per heavy atom. The zero-order valence-corrected chi connectivity index (χ0v) is 9.41. The fraction of sp³-hybridized carbons (Fsp3) is 0.400. The Morgan fingerprint density at radius 3 is 2.87 bits per heavy atom. The van der Waals surface area contributed by atoms with E-state index in [-0.39, 0.29) is 22.3 Å². The molecule has 1 N–H and O–H groups in total. The lowest BCUT2D eigenvalue weighted by molar-refractivity contribution is 0.0794. The Bertz CT molecular complexity index is 400. The number of aromatic amines is 1. The van der Waals surface area contributed by atoms with E-state index in [0.717, 1.165) is 0 Å². The number of hydrogen-bond acceptors (Lipinski definition) is 2. The largest absolute Gasteiger partial charge is 0.367 e. The minimum absolute atomic E-state index is 0.136. The number of H-pyrrole nitrogens is 1. The van der Waals surface area contributed by atoms with Crippen molar-refractivity contribution in [3.05, 3.63) is 34.2 Å². The number of halogens is 1. The lowest BCUT2D eigenvalue weighted by Gasteiger charge is -2.17. The van der Waals surface area contributed by atoms with Crippen LogP contribution in [-0.4, -0.2) is 34.8 Å². The van der Waals surface area contributed by atoms with Gasteiger partial charge in [-0.05, 0) is 6.92 Å². The van der Waals surface area contributed by atoms with E-state index in [0.29, 0.717) is 6.54 Å². The number of carbonyl (C=O) groups is 1. The maximum atomic E-state index is 11.7. The summed E-state index contributed by atoms with van der Waals surface area (Å²) in [6.07, 6.45) is 2.89. The monoisotopic (exact) mass is 228 g/mol. The highest BCUT2D eigenvalue weighted by Gasteiger charge is 2.15. The maximum Gasteiger partial charge on any atom is 0.259 e. The molecule has 1 aromatic heterocycles. The SMILES string of the molecule is CC(Cl)CN(C)C(=O)c1c[nH]ccc1=O. The molecule has 1 aromatic rings. The van der Waals surface area contributed by atoms with Crippen LogP contribution in [-0.2, 0) is 0 Å². The molecule has 0 saturated heterocycles. The van der Waals surface area contributed by atoms with Gasteiger partial charge < -0.3 is 9.88 Å². The Kier molecular flexibility index (Phi) is 3.91. The lowest BCUT2D eigenvalue weighted by atomic mass is 10.2. The van der Waals surface area contributed by atoms with Gasteiger partial charge >= 0.3 is 0 Å². The fourth-order valence-electron chi connectivity index (χ4n) is 1.25. The van der Waals surface area contributed by atoms with Gasteiger partial charge in [-0.2, -0.15) is 0 Å². The predicted molar refractivity (Wildman–Crippen MR) is 59.3 cm³/mol. The van der Waals surface area contributed by atoms with Crippen molar-refractivity contribution in [3.63, 3.8) is 0 Å². The summed E-state index contributed by atoms with van der Waals surface area (Å²) < 4.78 is 0. The van der Waals surface area contributed by atoms with Crippen molar-refractivity contribution in [2.24, 2.45) is 0 Å². The third kappa shape index (κ3) is 3.09. The van der Waals surface area contributed by atoms with Crippen LogP contribution in [0.25, 0.3) is 0 Å². The van der Waals surface area contributed by atoms with Crippen molar-refractivity contribution in [2.75, 3.05) is 13.6 Å². The second-order valence-electron chi connectivity index (χ2n) is 3.39. The highest BCUT2D eigenvalue weighted by molar-refractivity contribution is 6.20. The Labute approximate surface area is 92.9 Å². The van der Waals surface area contributed by atoms with Crippen molar-refractivity contribution >= 4 is 17.5 Å². The van der Waals surface area contributed by atoms with Gasteiger partial charge in [0.1, 0.15) is 5.56 Å². The van der Waals surface area contributed by atoms with Gasteiger partial charge in [-0.3, -0.25) is 9.59 Å². The van der Waals surface area contributed by atoms with Gasteiger partial charge in [0.05, 0.1) is 0 Å². The van der Waals surface area contributed by atoms with Gasteiger partial charge in [-0.15, -0.1) is 11.6 Å². The second-order valence-corrected chi connectivity index (χ2v) is 4.13. The molecule has 0 aliphatic rings. The summed E-state index contributed by atoms with van der Waals surface area (Å²) in [5, 5.41) is -0.137. The number of carbonyl (C=O) groups excluding carboxylic acids is 1. The van der Waals surface area contributed by atoms with E-state index < -0.39 is 0 Å². The first-order chi connectivity index (χ1) is 7.02. The average molecular weight is 229 g/mol. The molecule has 1 unspecified atom stereocenters. The third-order valence-electron chi connectivity index (χ3n) is 1.93. The van der Waals surface area contributed by atoms with E-state index in [1.165, 1.54) is 23.4 Å². The number of nitrogens with zero attached hydrogens (tertiary/aromatic N) is 1. The minimum atomic E-state index is -0.315. The van der Waals surface area contributed by atoms with Crippen LogP contribution in [0.1, 0.15) is 17.3 Å². The van der Waals surface area contributed by atoms with Crippen LogP contribution >= 0.6 is 11.6 Å². The highest BCUT2D eigenvalue weighted by Crippen LogP contribution is 2.01. The summed E-state index contributed by atoms with van der Waals surface area (Å²) in [6.45, 7) is 2.20. The van der Waals surface area contributed by atoms with E-state index in [9.17, 15) is 9.59 Å². The number of pyridine rings is 1. The van der Waals surface area contributed by atoms with E-state index in [2.05, 4.69) is 4.98 Å². The molecule has 1 amide bonds. The van der Waals surface area contributed by atoms with Gasteiger partial charge in [-0.25, -0.2) is 0 Å². The van der Waals surface area contributed by atoms with Crippen molar-refractivity contribution < 1.29 is 4.79 Å². The Morgan fingerprint density at radius 1 is 1.67 bits per heavy atom. The normalized spacial score (nSPS) is 12.2. The number of nitrogens with one attached hydrogen (secondary N) is 1. The van der Waals surface area contributed by atoms with E-state index in [4.69, 9.17) is 11.6 Å². The first-order valence-electron chi connectivity index (χ1n) is 4.59. The molecule has 1 atom stereocenters. The van der Waals surface area contributed by atoms with Crippen LogP contribution in [0.4, 0.5) is 0 Å². The zero-order valence-electron chi connectivity index (χ0n) is 8.66. The second kappa shape index (κ2) is 4.98. The molecule has 0 bridgehead atoms. The van der Waals surface area contributed by atoms with Crippen LogP contribution in [0.3, 0.4) is 0 Å². The summed E-state index contributed by atoms with van der Waals surface area (Å²) in [6, 6.07) is 1.32. The van der Waals surface area contributed by atoms with Gasteiger partial charge in [0.15, 0.2) is 5.43 Å². The van der Waals surface area contributed by atoms with Crippen LogP contribution in [0, 0.1) is 0 Å². The smallest absolute Gasteiger partial charge is 0.259 e. The number of amides is 1. The van der Waals surface area contributed by atoms with E-state index in [1.54, 1.807) is 14.0 Å². The first-order valence-corrected chi connectivity index (χ1v) is 5.02. The summed E-state index contributed by atoms with van der Waals surface area (Å²) in [7, 11) is 1.62. The fourth-order valence-corrected chi connectivity index (χ4v) is 1.46. The standard InChI is InChI=1S/C10H13ClN2O2/c1-7(11)6-13(2)10(15)8-5-12-4-3-9(8)14/h3-5,7H,6H2,1-2H3,(H,12,14). The van der Waals surface area contributed by atoms with Crippen molar-refractivity contribution in [1.29, 1.82) is 0 Å². The molecular weight excluding hydrogens is 216 g/mol. The predicted octanol–water partition coefficient (Wildman–Crippen LogP) is 1.07. The summed E-state index contributed by atoms with van der Waals surface area (Å²) >= 11 is 5.76. The van der Waals surface area contributed by atoms with Gasteiger partial charge in [0.2, 0.25) is 0 Å². The topological polar surface area (TPSA) is 53.2 Å². The van der Waals surface area contributed by atoms with Crippen LogP contribution in [0.5, 0.6) is 0 Å². The molecule has 15 heavy (non-hydrogen) atoms. The molecule has 1 heterocycles. The molecule has 82 valence electrons. The Balaban J connectivity index is 2.86. The van der Waals surface area contributed by atoms with Gasteiger partial charge in [0.25, 0.3) is 5.91 Å². The van der Waals surface area contributed by atoms with E-state index in [1.807, 2.05) is 0 Å². The lowest BCUT2D eigenvalue weighted by Crippen LogP contribution is -2.34. The quantitative estimate of drug-likeness (QED) is 0.787. The Hall–Kier alpha value is -1.29. The van der Waals surface area contributed by atoms with Crippen LogP contribution in [0.2, 0.25) is 0 Å². The molecule has 0 saturated carbocycles. The number of alkyl halides is 1. The molecule has 0 aliphatic heterocycles. The number of hydrogen-bond donors (Lipinski definition) is 1. The molecule has 0 fully saturated rings. The third-order valence-corrected chi connectivity index (χ3v) is 2.06. The number of rotatable bonds is 3. The molecule has 4 nitrogen and oxygen atoms in total. The molecule has 5 heteroatoms. The molecule has 0 spiro atoms. The maximum absolute atomic E-state index is 11.7. The van der Waals surface area contributed by atoms with Gasteiger partial charge in [0, 0.05) is 37.4 Å². The first kappa shape index (κ1) is 11.8. The molecule has 1 rings (SSSR count). The zero-order chi connectivity index (χ0) is 11.4.